The summed E-state index contributed by atoms with van der Waals surface area (Å²) in [6, 6.07) is 0. The highest BCUT2D eigenvalue weighted by Crippen LogP contribution is 1.57. The lowest BCUT2D eigenvalue weighted by molar-refractivity contribution is 3.81. The van der Waals surface area contributed by atoms with Crippen molar-refractivity contribution in [3.63, 3.8) is 0 Å². The molecule has 0 spiro atoms. The Balaban J connectivity index is 2.72. The molecule has 0 aliphatic heterocycles. The molecule has 0 saturated heterocycles. The molecule has 0 atom stereocenters. The molecule has 0 radical (unpaired) electrons. The van der Waals surface area contributed by atoms with E-state index in [4.69, 9.17) is 0 Å². The summed E-state index contributed by atoms with van der Waals surface area (Å²) in [5, 5.41) is 0. The van der Waals surface area contributed by atoms with Crippen LogP contribution in [0.1, 0.15) is 0 Å². The Morgan fingerprint density at radius 2 is 1.75 bits per heavy atom. The molecule has 0 unspecified atom stereocenters. The van der Waals surface area contributed by atoms with Crippen molar-refractivity contribution in [2.24, 2.45) is 0 Å². The predicted octanol–water partition coefficient (Wildman–Crippen LogP) is -7.86. The number of hydrogen-bond donors (Lipinski definition) is 0. The van der Waals surface area contributed by atoms with Crippen molar-refractivity contribution >= 4 is 70.8 Å². The van der Waals surface area contributed by atoms with Crippen LogP contribution in [0, 0.1) is 0 Å². The first kappa shape index (κ1) is 9.74. The summed E-state index contributed by atoms with van der Waals surface area (Å²) in [5.41, 5.74) is 0. The molecular formula is H18Si8. The topological polar surface area (TPSA) is 0 Å². The van der Waals surface area contributed by atoms with Gasteiger partial charge >= 0.3 is 0 Å². The minimum absolute atomic E-state index is 0.349. The zero-order valence-corrected chi connectivity index (χ0v) is 19.2. The van der Waals surface area contributed by atoms with Crippen LogP contribution in [0.4, 0.5) is 0 Å². The Morgan fingerprint density at radius 1 is 1.12 bits per heavy atom. The molecule has 0 saturated carbocycles. The van der Waals surface area contributed by atoms with Gasteiger partial charge in [0.25, 0.3) is 0 Å². The van der Waals surface area contributed by atoms with E-state index in [-0.39, 0.29) is 0 Å². The van der Waals surface area contributed by atoms with Crippen LogP contribution in [0.15, 0.2) is 0 Å². The standard InChI is InChI=1S/H18Si8/c1-4-5-6-7-8(2)3/h8H,4-7H2,1-3H3. The number of hydrogen-bond acceptors (Lipinski definition) is 0. The highest BCUT2D eigenvalue weighted by Gasteiger charge is 1.94. The van der Waals surface area contributed by atoms with Gasteiger partial charge < -0.3 is 0 Å². The molecule has 0 aliphatic rings. The fourth-order valence-electron chi connectivity index (χ4n) is 0.803. The molecule has 0 aromatic carbocycles. The maximum Gasteiger partial charge on any atom is -0.00799 e. The van der Waals surface area contributed by atoms with Crippen LogP contribution < -0.4 is 0 Å². The van der Waals surface area contributed by atoms with E-state index in [1.54, 1.807) is 29.3 Å². The van der Waals surface area contributed by atoms with E-state index in [0.29, 0.717) is 7.35 Å². The summed E-state index contributed by atoms with van der Waals surface area (Å²) >= 11 is 0. The van der Waals surface area contributed by atoms with E-state index < -0.39 is 0 Å². The van der Waals surface area contributed by atoms with E-state index >= 15 is 0 Å². The lowest BCUT2D eigenvalue weighted by Gasteiger charge is -1.96. The van der Waals surface area contributed by atoms with Gasteiger partial charge in [-0.3, -0.25) is 0 Å². The SMILES string of the molecule is [SiH3][SiH2][SiH2][SiH2][SiH2][SiH]([SiH3])[SiH3]. The molecule has 0 amide bonds. The molecule has 0 N–H and O–H groups in total. The molecular weight excluding hydrogens is 225 g/mol. The van der Waals surface area contributed by atoms with Gasteiger partial charge in [0.2, 0.25) is 0 Å². The first-order valence-corrected chi connectivity index (χ1v) is 33.9. The predicted molar refractivity (Wildman–Crippen MR) is 71.1 cm³/mol. The van der Waals surface area contributed by atoms with Crippen LogP contribution in [-0.2, 0) is 0 Å². The van der Waals surface area contributed by atoms with Crippen LogP contribution in [0.3, 0.4) is 0 Å². The van der Waals surface area contributed by atoms with Crippen LogP contribution in [-0.4, -0.2) is 70.8 Å². The quantitative estimate of drug-likeness (QED) is 0.340. The van der Waals surface area contributed by atoms with Crippen molar-refractivity contribution in [2.75, 3.05) is 0 Å². The van der Waals surface area contributed by atoms with Crippen molar-refractivity contribution in [2.45, 2.75) is 0 Å². The maximum absolute atomic E-state index is 1.73. The van der Waals surface area contributed by atoms with Crippen LogP contribution in [0.5, 0.6) is 0 Å². The van der Waals surface area contributed by atoms with Crippen LogP contribution in [0.2, 0.25) is 0 Å². The van der Waals surface area contributed by atoms with Gasteiger partial charge in [-0.1, -0.05) is 0 Å². The van der Waals surface area contributed by atoms with Crippen molar-refractivity contribution < 1.29 is 0 Å². The molecule has 0 bridgehead atoms. The summed E-state index contributed by atoms with van der Waals surface area (Å²) in [6.45, 7) is 0. The van der Waals surface area contributed by atoms with E-state index in [2.05, 4.69) is 0 Å². The van der Waals surface area contributed by atoms with E-state index in [1.165, 1.54) is 0 Å². The van der Waals surface area contributed by atoms with E-state index in [9.17, 15) is 0 Å². The minimum atomic E-state index is 0.349. The molecule has 8 heavy (non-hydrogen) atoms. The first-order valence-electron chi connectivity index (χ1n) is 3.77. The molecule has 0 aromatic rings. The summed E-state index contributed by atoms with van der Waals surface area (Å²) < 4.78 is 0. The highest BCUT2D eigenvalue weighted by molar-refractivity contribution is 7.71. The Bertz CT molecular complexity index is 37.3. The fourth-order valence-corrected chi connectivity index (χ4v) is 195. The molecule has 0 aromatic heterocycles. The molecule has 0 heterocycles. The van der Waals surface area contributed by atoms with Crippen LogP contribution in [0.25, 0.3) is 0 Å². The summed E-state index contributed by atoms with van der Waals surface area (Å²) in [7, 11) is 8.89. The average molecular weight is 243 g/mol. The van der Waals surface area contributed by atoms with Gasteiger partial charge in [-0.15, -0.1) is 0 Å². The van der Waals surface area contributed by atoms with Gasteiger partial charge in [-0.2, -0.15) is 0 Å². The third-order valence-electron chi connectivity index (χ3n) is 1.39. The lowest BCUT2D eigenvalue weighted by atomic mass is 26.1. The number of rotatable bonds is 4. The zero-order valence-electron chi connectivity index (χ0n) is 6.41. The highest BCUT2D eigenvalue weighted by atomic mass is 30.0. The van der Waals surface area contributed by atoms with Crippen molar-refractivity contribution in [1.29, 1.82) is 0 Å². The van der Waals surface area contributed by atoms with Crippen molar-refractivity contribution in [1.82, 2.24) is 0 Å². The maximum atomic E-state index is 1.73. The van der Waals surface area contributed by atoms with Gasteiger partial charge in [0.15, 0.2) is 0 Å². The Morgan fingerprint density at radius 3 is 2.12 bits per heavy atom. The average Bonchev–Trinajstić information content (AvgIpc) is 1.66. The second-order valence-electron chi connectivity index (χ2n) is 2.89. The summed E-state index contributed by atoms with van der Waals surface area (Å²) in [4.78, 5) is 0. The first-order chi connectivity index (χ1) is 3.77. The fraction of sp³-hybridized carbons (Fsp3) is 0. The van der Waals surface area contributed by atoms with Gasteiger partial charge in [0.1, 0.15) is 0 Å². The zero-order chi connectivity index (χ0) is 6.41. The largest absolute Gasteiger partial charge is 0.0120 e. The van der Waals surface area contributed by atoms with Gasteiger partial charge in [-0.05, 0) is 70.8 Å². The van der Waals surface area contributed by atoms with Crippen LogP contribution >= 0.6 is 0 Å². The van der Waals surface area contributed by atoms with E-state index in [1.807, 2.05) is 0 Å². The van der Waals surface area contributed by atoms with Gasteiger partial charge in [0.05, 0.1) is 0 Å². The molecule has 0 rings (SSSR count). The second-order valence-corrected chi connectivity index (χ2v) is 78.0. The Labute approximate surface area is 70.7 Å². The summed E-state index contributed by atoms with van der Waals surface area (Å²) in [6.07, 6.45) is 0. The lowest BCUT2D eigenvalue weighted by Crippen LogP contribution is -2.33. The van der Waals surface area contributed by atoms with Gasteiger partial charge in [-0.25, -0.2) is 0 Å². The molecule has 50 valence electrons. The van der Waals surface area contributed by atoms with E-state index in [0.717, 1.165) is 34.2 Å². The Hall–Kier alpha value is 1.74. The molecule has 0 aliphatic carbocycles. The summed E-state index contributed by atoms with van der Waals surface area (Å²) in [5.74, 6) is 0. The molecule has 8 heteroatoms. The van der Waals surface area contributed by atoms with Gasteiger partial charge in [0, 0.05) is 0 Å². The second kappa shape index (κ2) is 6.85. The third kappa shape index (κ3) is 7.74. The Kier molecular flexibility index (Phi) is 8.34. The van der Waals surface area contributed by atoms with Crippen molar-refractivity contribution in [3.8, 4) is 0 Å². The third-order valence-corrected chi connectivity index (χ3v) is 112. The minimum Gasteiger partial charge on any atom is -0.0120 e. The van der Waals surface area contributed by atoms with Crippen molar-refractivity contribution in [3.05, 3.63) is 0 Å². The molecule has 0 nitrogen and oxygen atoms in total. The monoisotopic (exact) mass is 242 g/mol. The normalized spacial score (nSPS) is 21.0. The smallest absolute Gasteiger partial charge is 0.00799 e. The molecule has 0 fully saturated rings.